The van der Waals surface area contributed by atoms with Gasteiger partial charge in [-0.05, 0) is 37.1 Å². The molecule has 144 valence electrons. The van der Waals surface area contributed by atoms with Gasteiger partial charge in [0.05, 0.1) is 19.3 Å². The van der Waals surface area contributed by atoms with Crippen molar-refractivity contribution in [3.63, 3.8) is 0 Å². The molecule has 1 saturated heterocycles. The molecule has 0 aliphatic carbocycles. The van der Waals surface area contributed by atoms with E-state index in [1.54, 1.807) is 0 Å². The van der Waals surface area contributed by atoms with Crippen LogP contribution in [-0.4, -0.2) is 50.3 Å². The van der Waals surface area contributed by atoms with Gasteiger partial charge in [0.1, 0.15) is 5.75 Å². The maximum atomic E-state index is 12.5. The zero-order chi connectivity index (χ0) is 19.1. The van der Waals surface area contributed by atoms with E-state index in [1.165, 1.54) is 5.56 Å². The Hall–Kier alpha value is -2.37. The Kier molecular flexibility index (Phi) is 6.85. The zero-order valence-corrected chi connectivity index (χ0v) is 16.1. The van der Waals surface area contributed by atoms with Crippen LogP contribution in [0.15, 0.2) is 48.5 Å². The van der Waals surface area contributed by atoms with Crippen molar-refractivity contribution < 1.29 is 14.3 Å². The molecule has 0 spiro atoms. The number of ether oxygens (including phenoxy) is 2. The molecule has 0 saturated carbocycles. The minimum Gasteiger partial charge on any atom is -0.484 e. The summed E-state index contributed by atoms with van der Waals surface area (Å²) in [4.78, 5) is 14.8. The molecule has 5 nitrogen and oxygen atoms in total. The molecule has 1 fully saturated rings. The first-order valence-electron chi connectivity index (χ1n) is 9.45. The van der Waals surface area contributed by atoms with Gasteiger partial charge in [-0.15, -0.1) is 0 Å². The monoisotopic (exact) mass is 368 g/mol. The number of morpholine rings is 1. The second kappa shape index (κ2) is 9.53. The highest BCUT2D eigenvalue weighted by atomic mass is 16.5. The van der Waals surface area contributed by atoms with Crippen molar-refractivity contribution in [2.45, 2.75) is 19.9 Å². The lowest BCUT2D eigenvalue weighted by Gasteiger charge is -2.31. The second-order valence-corrected chi connectivity index (χ2v) is 7.05. The van der Waals surface area contributed by atoms with Crippen LogP contribution in [0, 0.1) is 13.8 Å². The molecule has 0 radical (unpaired) electrons. The van der Waals surface area contributed by atoms with Gasteiger partial charge in [0.15, 0.2) is 6.61 Å². The molecule has 1 aliphatic heterocycles. The Labute approximate surface area is 161 Å². The summed E-state index contributed by atoms with van der Waals surface area (Å²) in [7, 11) is 0. The van der Waals surface area contributed by atoms with E-state index in [-0.39, 0.29) is 18.6 Å². The number of nitrogens with zero attached hydrogens (tertiary/aromatic N) is 1. The van der Waals surface area contributed by atoms with E-state index in [0.29, 0.717) is 5.75 Å². The third kappa shape index (κ3) is 6.08. The number of carbonyl (C=O) groups is 1. The Balaban J connectivity index is 1.62. The average Bonchev–Trinajstić information content (AvgIpc) is 2.67. The number of carbonyl (C=O) groups excluding carboxylic acids is 1. The molecule has 0 bridgehead atoms. The predicted octanol–water partition coefficient (Wildman–Crippen LogP) is 2.87. The molecule has 0 unspecified atom stereocenters. The lowest BCUT2D eigenvalue weighted by atomic mass is 10.0. The van der Waals surface area contributed by atoms with Crippen molar-refractivity contribution in [1.29, 1.82) is 0 Å². The van der Waals surface area contributed by atoms with Crippen LogP contribution in [0.25, 0.3) is 0 Å². The van der Waals surface area contributed by atoms with Crippen LogP contribution in [-0.2, 0) is 9.53 Å². The summed E-state index contributed by atoms with van der Waals surface area (Å²) < 4.78 is 11.1. The van der Waals surface area contributed by atoms with E-state index in [2.05, 4.69) is 41.4 Å². The SMILES string of the molecule is Cc1ccc([C@@H](CN2CCOCC2)NC(=O)COc2cccc(C)c2)cc1. The van der Waals surface area contributed by atoms with Gasteiger partial charge >= 0.3 is 0 Å². The highest BCUT2D eigenvalue weighted by molar-refractivity contribution is 5.78. The van der Waals surface area contributed by atoms with Gasteiger partial charge in [-0.25, -0.2) is 0 Å². The first kappa shape index (κ1) is 19.4. The van der Waals surface area contributed by atoms with E-state index in [0.717, 1.165) is 44.0 Å². The molecule has 1 N–H and O–H groups in total. The third-order valence-corrected chi connectivity index (χ3v) is 4.72. The Morgan fingerprint density at radius 3 is 2.56 bits per heavy atom. The fourth-order valence-electron chi connectivity index (χ4n) is 3.17. The number of amides is 1. The summed E-state index contributed by atoms with van der Waals surface area (Å²) in [5.74, 6) is 0.598. The van der Waals surface area contributed by atoms with Crippen molar-refractivity contribution in [2.24, 2.45) is 0 Å². The maximum Gasteiger partial charge on any atom is 0.258 e. The molecular weight excluding hydrogens is 340 g/mol. The molecular formula is C22H28N2O3. The van der Waals surface area contributed by atoms with E-state index in [9.17, 15) is 4.79 Å². The third-order valence-electron chi connectivity index (χ3n) is 4.72. The summed E-state index contributed by atoms with van der Waals surface area (Å²) >= 11 is 0. The summed E-state index contributed by atoms with van der Waals surface area (Å²) in [6, 6.07) is 16.0. The normalized spacial score (nSPS) is 15.9. The largest absolute Gasteiger partial charge is 0.484 e. The molecule has 1 amide bonds. The summed E-state index contributed by atoms with van der Waals surface area (Å²) in [5.41, 5.74) is 3.42. The van der Waals surface area contributed by atoms with E-state index < -0.39 is 0 Å². The summed E-state index contributed by atoms with van der Waals surface area (Å²) in [6.07, 6.45) is 0. The minimum atomic E-state index is -0.115. The molecule has 27 heavy (non-hydrogen) atoms. The van der Waals surface area contributed by atoms with E-state index in [4.69, 9.17) is 9.47 Å². The summed E-state index contributed by atoms with van der Waals surface area (Å²) in [5, 5.41) is 3.14. The van der Waals surface area contributed by atoms with Crippen LogP contribution in [0.2, 0.25) is 0 Å². The highest BCUT2D eigenvalue weighted by Crippen LogP contribution is 2.17. The average molecular weight is 368 g/mol. The van der Waals surface area contributed by atoms with Crippen molar-refractivity contribution in [2.75, 3.05) is 39.5 Å². The van der Waals surface area contributed by atoms with Crippen LogP contribution >= 0.6 is 0 Å². The number of hydrogen-bond donors (Lipinski definition) is 1. The van der Waals surface area contributed by atoms with Crippen LogP contribution in [0.1, 0.15) is 22.7 Å². The summed E-state index contributed by atoms with van der Waals surface area (Å²) in [6.45, 7) is 8.10. The number of nitrogens with one attached hydrogen (secondary N) is 1. The Bertz CT molecular complexity index is 739. The quantitative estimate of drug-likeness (QED) is 0.817. The van der Waals surface area contributed by atoms with Gasteiger partial charge in [0.2, 0.25) is 0 Å². The maximum absolute atomic E-state index is 12.5. The molecule has 3 rings (SSSR count). The lowest BCUT2D eigenvalue weighted by molar-refractivity contribution is -0.124. The van der Waals surface area contributed by atoms with Crippen LogP contribution in [0.3, 0.4) is 0 Å². The van der Waals surface area contributed by atoms with Gasteiger partial charge in [-0.3, -0.25) is 9.69 Å². The Morgan fingerprint density at radius 1 is 1.11 bits per heavy atom. The van der Waals surface area contributed by atoms with Gasteiger partial charge in [-0.2, -0.15) is 0 Å². The Morgan fingerprint density at radius 2 is 1.85 bits per heavy atom. The van der Waals surface area contributed by atoms with Crippen LogP contribution in [0.4, 0.5) is 0 Å². The topological polar surface area (TPSA) is 50.8 Å². The number of benzene rings is 2. The first-order chi connectivity index (χ1) is 13.1. The van der Waals surface area contributed by atoms with Gasteiger partial charge in [-0.1, -0.05) is 42.0 Å². The minimum absolute atomic E-state index is 0.00885. The number of aryl methyl sites for hydroxylation is 2. The van der Waals surface area contributed by atoms with Crippen molar-refractivity contribution in [3.8, 4) is 5.75 Å². The molecule has 1 atom stereocenters. The van der Waals surface area contributed by atoms with E-state index in [1.807, 2.05) is 31.2 Å². The fourth-order valence-corrected chi connectivity index (χ4v) is 3.17. The molecule has 0 aromatic heterocycles. The first-order valence-corrected chi connectivity index (χ1v) is 9.45. The molecule has 1 aliphatic rings. The standard InChI is InChI=1S/C22H28N2O3/c1-17-6-8-19(9-7-17)21(15-24-10-12-26-13-11-24)23-22(25)16-27-20-5-3-4-18(2)14-20/h3-9,14,21H,10-13,15-16H2,1-2H3,(H,23,25)/t21-/m1/s1. The molecule has 2 aromatic carbocycles. The van der Waals surface area contributed by atoms with Crippen molar-refractivity contribution >= 4 is 5.91 Å². The van der Waals surface area contributed by atoms with Crippen molar-refractivity contribution in [1.82, 2.24) is 10.2 Å². The smallest absolute Gasteiger partial charge is 0.258 e. The zero-order valence-electron chi connectivity index (χ0n) is 16.1. The van der Waals surface area contributed by atoms with E-state index >= 15 is 0 Å². The van der Waals surface area contributed by atoms with Crippen molar-refractivity contribution in [3.05, 3.63) is 65.2 Å². The van der Waals surface area contributed by atoms with Crippen LogP contribution < -0.4 is 10.1 Å². The molecule has 2 aromatic rings. The van der Waals surface area contributed by atoms with Gasteiger partial charge in [0.25, 0.3) is 5.91 Å². The molecule has 1 heterocycles. The molecule has 5 heteroatoms. The van der Waals surface area contributed by atoms with Crippen LogP contribution in [0.5, 0.6) is 5.75 Å². The van der Waals surface area contributed by atoms with Gasteiger partial charge in [0, 0.05) is 19.6 Å². The lowest BCUT2D eigenvalue weighted by Crippen LogP contribution is -2.44. The second-order valence-electron chi connectivity index (χ2n) is 7.05. The fraction of sp³-hybridized carbons (Fsp3) is 0.409. The van der Waals surface area contributed by atoms with Gasteiger partial charge < -0.3 is 14.8 Å². The highest BCUT2D eigenvalue weighted by Gasteiger charge is 2.20. The predicted molar refractivity (Wildman–Crippen MR) is 106 cm³/mol. The number of rotatable bonds is 7. The number of hydrogen-bond acceptors (Lipinski definition) is 4.